The Kier molecular flexibility index (Phi) is 3.94. The zero-order valence-electron chi connectivity index (χ0n) is 11.1. The van der Waals surface area contributed by atoms with Gasteiger partial charge >= 0.3 is 0 Å². The van der Waals surface area contributed by atoms with Crippen molar-refractivity contribution < 1.29 is 13.5 Å². The van der Waals surface area contributed by atoms with Crippen LogP contribution >= 0.6 is 0 Å². The summed E-state index contributed by atoms with van der Waals surface area (Å²) < 4.78 is 30.6. The van der Waals surface area contributed by atoms with Gasteiger partial charge in [0.1, 0.15) is 5.75 Å². The van der Waals surface area contributed by atoms with E-state index < -0.39 is 12.0 Å². The number of nitrogen functional groups attached to an aromatic ring is 1. The van der Waals surface area contributed by atoms with Crippen molar-refractivity contribution in [2.75, 3.05) is 12.8 Å². The van der Waals surface area contributed by atoms with Crippen LogP contribution in [0.3, 0.4) is 0 Å². The molecule has 5 heteroatoms. The number of rotatable bonds is 3. The molecule has 1 aliphatic carbocycles. The summed E-state index contributed by atoms with van der Waals surface area (Å²) in [4.78, 5) is 0. The predicted molar refractivity (Wildman–Crippen MR) is 71.6 cm³/mol. The van der Waals surface area contributed by atoms with E-state index in [4.69, 9.17) is 16.2 Å². The SMILES string of the molecule is COc1c(N)ccc2c1CCC(N)(CC(F)F)CC2. The number of anilines is 1. The lowest BCUT2D eigenvalue weighted by molar-refractivity contribution is 0.0990. The van der Waals surface area contributed by atoms with E-state index in [9.17, 15) is 8.78 Å². The van der Waals surface area contributed by atoms with E-state index in [1.165, 1.54) is 0 Å². The van der Waals surface area contributed by atoms with Gasteiger partial charge in [-0.05, 0) is 42.9 Å². The smallest absolute Gasteiger partial charge is 0.240 e. The van der Waals surface area contributed by atoms with Gasteiger partial charge in [-0.1, -0.05) is 6.07 Å². The van der Waals surface area contributed by atoms with Crippen molar-refractivity contribution in [2.24, 2.45) is 5.73 Å². The molecule has 1 unspecified atom stereocenters. The summed E-state index contributed by atoms with van der Waals surface area (Å²) in [6.07, 6.45) is -0.194. The summed E-state index contributed by atoms with van der Waals surface area (Å²) in [5, 5.41) is 0. The quantitative estimate of drug-likeness (QED) is 0.655. The zero-order chi connectivity index (χ0) is 14.0. The number of alkyl halides is 2. The van der Waals surface area contributed by atoms with Crippen molar-refractivity contribution in [2.45, 2.75) is 44.1 Å². The van der Waals surface area contributed by atoms with Crippen LogP contribution in [0.4, 0.5) is 14.5 Å². The fraction of sp³-hybridized carbons (Fsp3) is 0.571. The molecule has 0 aliphatic heterocycles. The summed E-state index contributed by atoms with van der Waals surface area (Å²) in [6.45, 7) is 0. The summed E-state index contributed by atoms with van der Waals surface area (Å²) in [7, 11) is 1.58. The monoisotopic (exact) mass is 270 g/mol. The highest BCUT2D eigenvalue weighted by atomic mass is 19.3. The molecule has 0 saturated carbocycles. The van der Waals surface area contributed by atoms with E-state index in [0.29, 0.717) is 37.1 Å². The Hall–Kier alpha value is -1.36. The van der Waals surface area contributed by atoms with Gasteiger partial charge in [0.15, 0.2) is 0 Å². The van der Waals surface area contributed by atoms with Crippen LogP contribution in [0.2, 0.25) is 0 Å². The molecule has 1 aromatic rings. The third kappa shape index (κ3) is 2.97. The minimum absolute atomic E-state index is 0.251. The molecule has 106 valence electrons. The maximum absolute atomic E-state index is 12.6. The molecule has 2 rings (SSSR count). The van der Waals surface area contributed by atoms with Crippen LogP contribution in [-0.4, -0.2) is 19.1 Å². The highest BCUT2D eigenvalue weighted by molar-refractivity contribution is 5.60. The fourth-order valence-electron chi connectivity index (χ4n) is 2.83. The van der Waals surface area contributed by atoms with Gasteiger partial charge in [0.05, 0.1) is 12.8 Å². The third-order valence-corrected chi connectivity index (χ3v) is 3.92. The van der Waals surface area contributed by atoms with Crippen LogP contribution in [0.5, 0.6) is 5.75 Å². The molecule has 3 nitrogen and oxygen atoms in total. The number of halogens is 2. The number of hydrogen-bond donors (Lipinski definition) is 2. The summed E-state index contributed by atoms with van der Waals surface area (Å²) >= 11 is 0. The largest absolute Gasteiger partial charge is 0.494 e. The Labute approximate surface area is 111 Å². The molecule has 1 atom stereocenters. The number of aryl methyl sites for hydroxylation is 1. The van der Waals surface area contributed by atoms with Crippen LogP contribution in [0.25, 0.3) is 0 Å². The first-order valence-corrected chi connectivity index (χ1v) is 6.46. The zero-order valence-corrected chi connectivity index (χ0v) is 11.1. The van der Waals surface area contributed by atoms with Crippen molar-refractivity contribution in [3.63, 3.8) is 0 Å². The number of fused-ring (bicyclic) bond motifs is 1. The Morgan fingerprint density at radius 1 is 1.32 bits per heavy atom. The highest BCUT2D eigenvalue weighted by Gasteiger charge is 2.32. The number of methoxy groups -OCH3 is 1. The van der Waals surface area contributed by atoms with Crippen LogP contribution in [0.15, 0.2) is 12.1 Å². The number of hydrogen-bond acceptors (Lipinski definition) is 3. The Morgan fingerprint density at radius 3 is 2.63 bits per heavy atom. The minimum atomic E-state index is -2.36. The molecule has 0 fully saturated rings. The predicted octanol–water partition coefficient (Wildman–Crippen LogP) is 2.51. The second-order valence-electron chi connectivity index (χ2n) is 5.28. The number of ether oxygens (including phenoxy) is 1. The third-order valence-electron chi connectivity index (χ3n) is 3.92. The molecule has 0 radical (unpaired) electrons. The number of nitrogens with two attached hydrogens (primary N) is 2. The van der Waals surface area contributed by atoms with Gasteiger partial charge in [-0.15, -0.1) is 0 Å². The average molecular weight is 270 g/mol. The first-order chi connectivity index (χ1) is 8.95. The maximum atomic E-state index is 12.6. The maximum Gasteiger partial charge on any atom is 0.240 e. The summed E-state index contributed by atoms with van der Waals surface area (Å²) in [5.74, 6) is 0.666. The molecular formula is C14H20F2N2O. The Morgan fingerprint density at radius 2 is 2.00 bits per heavy atom. The molecule has 0 amide bonds. The van der Waals surface area contributed by atoms with Crippen LogP contribution < -0.4 is 16.2 Å². The van der Waals surface area contributed by atoms with Gasteiger partial charge in [0, 0.05) is 12.0 Å². The Bertz CT molecular complexity index is 465. The van der Waals surface area contributed by atoms with E-state index in [2.05, 4.69) is 0 Å². The van der Waals surface area contributed by atoms with Gasteiger partial charge in [-0.3, -0.25) is 0 Å². The lowest BCUT2D eigenvalue weighted by Gasteiger charge is -2.27. The molecule has 19 heavy (non-hydrogen) atoms. The molecule has 0 aromatic heterocycles. The second kappa shape index (κ2) is 5.33. The molecule has 0 bridgehead atoms. The first kappa shape index (κ1) is 14.1. The lowest BCUT2D eigenvalue weighted by Crippen LogP contribution is -2.41. The van der Waals surface area contributed by atoms with Crippen molar-refractivity contribution >= 4 is 5.69 Å². The fourth-order valence-corrected chi connectivity index (χ4v) is 2.83. The number of benzene rings is 1. The minimum Gasteiger partial charge on any atom is -0.494 e. The molecule has 1 aliphatic rings. The molecule has 4 N–H and O–H groups in total. The molecular weight excluding hydrogens is 250 g/mol. The molecule has 0 saturated heterocycles. The van der Waals surface area contributed by atoms with Crippen molar-refractivity contribution in [3.05, 3.63) is 23.3 Å². The molecule has 1 aromatic carbocycles. The Balaban J connectivity index is 2.27. The van der Waals surface area contributed by atoms with Crippen molar-refractivity contribution in [1.82, 2.24) is 0 Å². The topological polar surface area (TPSA) is 61.3 Å². The highest BCUT2D eigenvalue weighted by Crippen LogP contribution is 2.37. The summed E-state index contributed by atoms with van der Waals surface area (Å²) in [5.41, 5.74) is 13.9. The van der Waals surface area contributed by atoms with E-state index in [-0.39, 0.29) is 6.42 Å². The second-order valence-corrected chi connectivity index (χ2v) is 5.28. The van der Waals surface area contributed by atoms with Crippen LogP contribution in [-0.2, 0) is 12.8 Å². The summed E-state index contributed by atoms with van der Waals surface area (Å²) in [6, 6.07) is 3.75. The average Bonchev–Trinajstić information content (AvgIpc) is 2.49. The lowest BCUT2D eigenvalue weighted by atomic mass is 9.87. The van der Waals surface area contributed by atoms with E-state index in [0.717, 1.165) is 11.1 Å². The standard InChI is InChI=1S/C14H20F2N2O/c1-19-13-10-5-7-14(18,8-12(15)16)6-4-9(10)2-3-11(13)17/h2-3,12H,4-8,17-18H2,1H3. The van der Waals surface area contributed by atoms with Gasteiger partial charge in [-0.25, -0.2) is 8.78 Å². The van der Waals surface area contributed by atoms with E-state index in [1.807, 2.05) is 6.07 Å². The van der Waals surface area contributed by atoms with Gasteiger partial charge in [0.2, 0.25) is 6.43 Å². The van der Waals surface area contributed by atoms with Gasteiger partial charge in [-0.2, -0.15) is 0 Å². The van der Waals surface area contributed by atoms with Gasteiger partial charge < -0.3 is 16.2 Å². The van der Waals surface area contributed by atoms with Crippen molar-refractivity contribution in [3.8, 4) is 5.75 Å². The van der Waals surface area contributed by atoms with Crippen LogP contribution in [0, 0.1) is 0 Å². The first-order valence-electron chi connectivity index (χ1n) is 6.46. The van der Waals surface area contributed by atoms with Crippen molar-refractivity contribution in [1.29, 1.82) is 0 Å². The van der Waals surface area contributed by atoms with E-state index in [1.54, 1.807) is 13.2 Å². The normalized spacial score (nSPS) is 23.0. The molecule has 0 heterocycles. The van der Waals surface area contributed by atoms with E-state index >= 15 is 0 Å². The van der Waals surface area contributed by atoms with Crippen LogP contribution in [0.1, 0.15) is 30.4 Å². The van der Waals surface area contributed by atoms with Gasteiger partial charge in [0.25, 0.3) is 0 Å². The molecule has 0 spiro atoms.